The van der Waals surface area contributed by atoms with Crippen LogP contribution >= 0.6 is 0 Å². The van der Waals surface area contributed by atoms with Crippen LogP contribution in [0, 0.1) is 0 Å². The summed E-state index contributed by atoms with van der Waals surface area (Å²) < 4.78 is 46.4. The van der Waals surface area contributed by atoms with E-state index in [-0.39, 0.29) is 12.3 Å². The highest BCUT2D eigenvalue weighted by molar-refractivity contribution is 5.15. The Labute approximate surface area is 85.0 Å². The average Bonchev–Trinajstić information content (AvgIpc) is 2.65. The Morgan fingerprint density at radius 1 is 1.33 bits per heavy atom. The number of furan rings is 1. The number of hydrogen-bond acceptors (Lipinski definition) is 3. The summed E-state index contributed by atoms with van der Waals surface area (Å²) in [6, 6.07) is 2.08. The normalized spacial score (nSPS) is 16.4. The van der Waals surface area contributed by atoms with Gasteiger partial charge in [0.25, 0.3) is 0 Å². The minimum Gasteiger partial charge on any atom is -0.453 e. The van der Waals surface area contributed by atoms with E-state index in [0.29, 0.717) is 0 Å². The van der Waals surface area contributed by atoms with Gasteiger partial charge in [-0.3, -0.25) is 0 Å². The van der Waals surface area contributed by atoms with E-state index >= 15 is 0 Å². The van der Waals surface area contributed by atoms with Gasteiger partial charge < -0.3 is 14.9 Å². The zero-order chi connectivity index (χ0) is 11.7. The molecule has 0 bridgehead atoms. The van der Waals surface area contributed by atoms with E-state index in [2.05, 4.69) is 4.42 Å². The topological polar surface area (TPSA) is 48.4 Å². The first-order valence-corrected chi connectivity index (χ1v) is 4.26. The summed E-state index contributed by atoms with van der Waals surface area (Å²) in [5.41, 5.74) is 4.38. The van der Waals surface area contributed by atoms with Crippen LogP contribution in [0.2, 0.25) is 0 Å². The van der Waals surface area contributed by atoms with Gasteiger partial charge in [-0.1, -0.05) is 0 Å². The van der Waals surface area contributed by atoms with Gasteiger partial charge in [0.1, 0.15) is 11.4 Å². The molecule has 1 aromatic heterocycles. The van der Waals surface area contributed by atoms with E-state index in [4.69, 9.17) is 10.5 Å². The predicted molar refractivity (Wildman–Crippen MR) is 47.1 cm³/mol. The fourth-order valence-corrected chi connectivity index (χ4v) is 1.06. The molecule has 1 heterocycles. The van der Waals surface area contributed by atoms with Gasteiger partial charge >= 0.3 is 6.18 Å². The third-order valence-electron chi connectivity index (χ3n) is 2.25. The molecule has 2 N–H and O–H groups in total. The van der Waals surface area contributed by atoms with Crippen LogP contribution in [-0.2, 0) is 16.5 Å². The standard InChI is InChI=1S/C9H12F3NO2/c1-8(5-13,14-2)6-3-4-7(15-6)9(10,11)12/h3-4H,5,13H2,1-2H3. The number of alkyl halides is 3. The lowest BCUT2D eigenvalue weighted by atomic mass is 10.0. The van der Waals surface area contributed by atoms with Crippen molar-refractivity contribution >= 4 is 0 Å². The first-order chi connectivity index (χ1) is 6.83. The molecule has 1 unspecified atom stereocenters. The minimum atomic E-state index is -4.48. The zero-order valence-corrected chi connectivity index (χ0v) is 8.39. The number of nitrogens with two attached hydrogens (primary N) is 1. The third-order valence-corrected chi connectivity index (χ3v) is 2.25. The van der Waals surface area contributed by atoms with Crippen molar-refractivity contribution in [1.29, 1.82) is 0 Å². The lowest BCUT2D eigenvalue weighted by Gasteiger charge is -2.23. The molecule has 0 aliphatic heterocycles. The van der Waals surface area contributed by atoms with Crippen LogP contribution in [0.5, 0.6) is 0 Å². The molecule has 0 aliphatic carbocycles. The molecule has 0 aromatic carbocycles. The lowest BCUT2D eigenvalue weighted by molar-refractivity contribution is -0.155. The smallest absolute Gasteiger partial charge is 0.449 e. The first-order valence-electron chi connectivity index (χ1n) is 4.26. The molecule has 1 aromatic rings. The van der Waals surface area contributed by atoms with Crippen molar-refractivity contribution in [3.63, 3.8) is 0 Å². The first kappa shape index (κ1) is 12.1. The van der Waals surface area contributed by atoms with E-state index < -0.39 is 17.5 Å². The van der Waals surface area contributed by atoms with Crippen LogP contribution in [0.4, 0.5) is 13.2 Å². The minimum absolute atomic E-state index is 0.0360. The van der Waals surface area contributed by atoms with E-state index in [1.165, 1.54) is 13.2 Å². The van der Waals surface area contributed by atoms with E-state index in [9.17, 15) is 13.2 Å². The maximum Gasteiger partial charge on any atom is 0.449 e. The summed E-state index contributed by atoms with van der Waals surface area (Å²) in [6.07, 6.45) is -4.48. The van der Waals surface area contributed by atoms with Crippen LogP contribution in [0.25, 0.3) is 0 Å². The molecular weight excluding hydrogens is 211 g/mol. The Morgan fingerprint density at radius 2 is 1.87 bits per heavy atom. The lowest BCUT2D eigenvalue weighted by Crippen LogP contribution is -2.33. The van der Waals surface area contributed by atoms with E-state index in [1.54, 1.807) is 6.92 Å². The summed E-state index contributed by atoms with van der Waals surface area (Å²) in [7, 11) is 1.36. The SMILES string of the molecule is COC(C)(CN)c1ccc(C(F)(F)F)o1. The Hall–Kier alpha value is -1.01. The Balaban J connectivity index is 3.03. The fourth-order valence-electron chi connectivity index (χ4n) is 1.06. The summed E-state index contributed by atoms with van der Waals surface area (Å²) in [5, 5.41) is 0. The predicted octanol–water partition coefficient (Wildman–Crippen LogP) is 2.12. The van der Waals surface area contributed by atoms with Crippen molar-refractivity contribution in [2.24, 2.45) is 5.73 Å². The number of hydrogen-bond donors (Lipinski definition) is 1. The molecule has 3 nitrogen and oxygen atoms in total. The number of rotatable bonds is 3. The maximum atomic E-state index is 12.2. The van der Waals surface area contributed by atoms with Crippen molar-refractivity contribution in [2.75, 3.05) is 13.7 Å². The monoisotopic (exact) mass is 223 g/mol. The summed E-state index contributed by atoms with van der Waals surface area (Å²) >= 11 is 0. The summed E-state index contributed by atoms with van der Waals surface area (Å²) in [4.78, 5) is 0. The van der Waals surface area contributed by atoms with Gasteiger partial charge in [0.2, 0.25) is 5.76 Å². The largest absolute Gasteiger partial charge is 0.453 e. The molecule has 0 radical (unpaired) electrons. The van der Waals surface area contributed by atoms with Crippen LogP contribution in [0.1, 0.15) is 18.4 Å². The second-order valence-electron chi connectivity index (χ2n) is 3.30. The number of halogens is 3. The van der Waals surface area contributed by atoms with Crippen molar-refractivity contribution in [1.82, 2.24) is 0 Å². The van der Waals surface area contributed by atoms with Gasteiger partial charge in [0, 0.05) is 13.7 Å². The Kier molecular flexibility index (Phi) is 3.11. The quantitative estimate of drug-likeness (QED) is 0.853. The second kappa shape index (κ2) is 3.86. The second-order valence-corrected chi connectivity index (χ2v) is 3.30. The van der Waals surface area contributed by atoms with Gasteiger partial charge in [-0.25, -0.2) is 0 Å². The van der Waals surface area contributed by atoms with E-state index in [1.807, 2.05) is 0 Å². The molecular formula is C9H12F3NO2. The fraction of sp³-hybridized carbons (Fsp3) is 0.556. The molecule has 6 heteroatoms. The van der Waals surface area contributed by atoms with Crippen LogP contribution < -0.4 is 5.73 Å². The molecule has 1 atom stereocenters. The van der Waals surface area contributed by atoms with E-state index in [0.717, 1.165) is 6.07 Å². The van der Waals surface area contributed by atoms with Gasteiger partial charge in [-0.05, 0) is 19.1 Å². The van der Waals surface area contributed by atoms with Crippen molar-refractivity contribution in [3.05, 3.63) is 23.7 Å². The maximum absolute atomic E-state index is 12.2. The molecule has 0 fully saturated rings. The van der Waals surface area contributed by atoms with Crippen LogP contribution in [0.3, 0.4) is 0 Å². The van der Waals surface area contributed by atoms with Gasteiger partial charge in [-0.15, -0.1) is 0 Å². The third kappa shape index (κ3) is 2.32. The number of methoxy groups -OCH3 is 1. The number of ether oxygens (including phenoxy) is 1. The molecule has 0 saturated carbocycles. The Bertz CT molecular complexity index is 328. The van der Waals surface area contributed by atoms with Gasteiger partial charge in [-0.2, -0.15) is 13.2 Å². The highest BCUT2D eigenvalue weighted by Crippen LogP contribution is 2.34. The highest BCUT2D eigenvalue weighted by atomic mass is 19.4. The average molecular weight is 223 g/mol. The highest BCUT2D eigenvalue weighted by Gasteiger charge is 2.37. The van der Waals surface area contributed by atoms with Gasteiger partial charge in [0.15, 0.2) is 0 Å². The molecule has 0 aliphatic rings. The molecule has 86 valence electrons. The summed E-state index contributed by atoms with van der Waals surface area (Å²) in [5.74, 6) is -0.978. The molecule has 0 amide bonds. The van der Waals surface area contributed by atoms with Crippen molar-refractivity contribution in [3.8, 4) is 0 Å². The molecule has 1 rings (SSSR count). The Morgan fingerprint density at radius 3 is 2.20 bits per heavy atom. The van der Waals surface area contributed by atoms with Crippen LogP contribution in [-0.4, -0.2) is 13.7 Å². The van der Waals surface area contributed by atoms with Crippen molar-refractivity contribution in [2.45, 2.75) is 18.7 Å². The van der Waals surface area contributed by atoms with Crippen LogP contribution in [0.15, 0.2) is 16.5 Å². The zero-order valence-electron chi connectivity index (χ0n) is 8.39. The molecule has 0 spiro atoms. The molecule has 15 heavy (non-hydrogen) atoms. The summed E-state index contributed by atoms with van der Waals surface area (Å²) in [6.45, 7) is 1.60. The molecule has 0 saturated heterocycles. The van der Waals surface area contributed by atoms with Crippen molar-refractivity contribution < 1.29 is 22.3 Å². The van der Waals surface area contributed by atoms with Gasteiger partial charge in [0.05, 0.1) is 0 Å².